The minimum atomic E-state index is -0.400. The zero-order valence-electron chi connectivity index (χ0n) is 17.8. The van der Waals surface area contributed by atoms with E-state index in [2.05, 4.69) is 10.4 Å². The lowest BCUT2D eigenvalue weighted by molar-refractivity contribution is -0.121. The van der Waals surface area contributed by atoms with E-state index in [-0.39, 0.29) is 31.0 Å². The monoisotopic (exact) mass is 460 g/mol. The first-order chi connectivity index (χ1) is 16.0. The molecule has 0 spiro atoms. The van der Waals surface area contributed by atoms with E-state index in [1.807, 2.05) is 49.4 Å². The van der Waals surface area contributed by atoms with Crippen molar-refractivity contribution in [1.82, 2.24) is 9.66 Å². The van der Waals surface area contributed by atoms with E-state index >= 15 is 0 Å². The number of carbonyl (C=O) groups excluding carboxylic acids is 2. The summed E-state index contributed by atoms with van der Waals surface area (Å²) in [7, 11) is 0. The molecule has 5 rings (SSSR count). The van der Waals surface area contributed by atoms with Gasteiger partial charge in [-0.05, 0) is 24.6 Å². The van der Waals surface area contributed by atoms with Crippen LogP contribution in [0.15, 0.2) is 65.7 Å². The summed E-state index contributed by atoms with van der Waals surface area (Å²) in [5.41, 5.74) is 4.64. The number of aryl methyl sites for hydroxylation is 1. The third-order valence-electron chi connectivity index (χ3n) is 5.47. The van der Waals surface area contributed by atoms with E-state index in [9.17, 15) is 14.4 Å². The number of hydrogen-bond acceptors (Lipinski definition) is 6. The molecule has 1 aliphatic rings. The molecule has 0 fully saturated rings. The summed E-state index contributed by atoms with van der Waals surface area (Å²) in [5.74, 6) is -0.0177. The highest BCUT2D eigenvalue weighted by atomic mass is 32.1. The maximum atomic E-state index is 13.2. The smallest absolute Gasteiger partial charge is 0.281 e. The van der Waals surface area contributed by atoms with Crippen LogP contribution in [-0.4, -0.2) is 34.6 Å². The van der Waals surface area contributed by atoms with Crippen LogP contribution < -0.4 is 20.6 Å². The number of hydrogen-bond donors (Lipinski definition) is 1. The molecule has 166 valence electrons. The van der Waals surface area contributed by atoms with Gasteiger partial charge in [-0.15, -0.1) is 11.3 Å². The Balaban J connectivity index is 1.38. The first-order valence-corrected chi connectivity index (χ1v) is 11.2. The van der Waals surface area contributed by atoms with Gasteiger partial charge in [-0.2, -0.15) is 0 Å². The summed E-state index contributed by atoms with van der Waals surface area (Å²) < 4.78 is 6.54. The second kappa shape index (κ2) is 8.51. The van der Waals surface area contributed by atoms with Crippen LogP contribution in [0.5, 0.6) is 5.75 Å². The van der Waals surface area contributed by atoms with Gasteiger partial charge in [-0.1, -0.05) is 42.5 Å². The normalized spacial score (nSPS) is 13.0. The molecule has 0 unspecified atom stereocenters. The second-order valence-electron chi connectivity index (χ2n) is 7.59. The molecular formula is C24H20N4O4S. The Labute approximate surface area is 193 Å². The third kappa shape index (κ3) is 3.87. The number of fused-ring (bicyclic) bond motifs is 2. The number of rotatable bonds is 5. The number of nitrogens with zero attached hydrogens (tertiary/aromatic N) is 3. The van der Waals surface area contributed by atoms with Gasteiger partial charge < -0.3 is 9.64 Å². The molecule has 4 aromatic rings. The Bertz CT molecular complexity index is 1430. The lowest BCUT2D eigenvalue weighted by Gasteiger charge is -2.29. The van der Waals surface area contributed by atoms with Crippen LogP contribution in [0.25, 0.3) is 21.3 Å². The van der Waals surface area contributed by atoms with E-state index in [4.69, 9.17) is 4.74 Å². The van der Waals surface area contributed by atoms with Gasteiger partial charge >= 0.3 is 0 Å². The Morgan fingerprint density at radius 1 is 1.12 bits per heavy atom. The lowest BCUT2D eigenvalue weighted by atomic mass is 10.0. The number of amides is 2. The van der Waals surface area contributed by atoms with Gasteiger partial charge in [-0.25, -0.2) is 9.66 Å². The molecule has 0 bridgehead atoms. The van der Waals surface area contributed by atoms with Crippen molar-refractivity contribution in [3.8, 4) is 16.9 Å². The molecular weight excluding hydrogens is 440 g/mol. The quantitative estimate of drug-likeness (QED) is 0.493. The highest BCUT2D eigenvalue weighted by Gasteiger charge is 2.25. The maximum absolute atomic E-state index is 13.2. The lowest BCUT2D eigenvalue weighted by Crippen LogP contribution is -2.41. The van der Waals surface area contributed by atoms with E-state index in [1.165, 1.54) is 22.6 Å². The predicted octanol–water partition coefficient (Wildman–Crippen LogP) is 3.32. The molecule has 3 heterocycles. The van der Waals surface area contributed by atoms with Crippen molar-refractivity contribution in [2.45, 2.75) is 13.3 Å². The van der Waals surface area contributed by atoms with Gasteiger partial charge in [0.05, 0.1) is 11.1 Å². The molecule has 9 heteroatoms. The first kappa shape index (κ1) is 20.9. The molecule has 1 aliphatic heterocycles. The van der Waals surface area contributed by atoms with Crippen LogP contribution in [0, 0.1) is 6.92 Å². The summed E-state index contributed by atoms with van der Waals surface area (Å²) >= 11 is 1.44. The van der Waals surface area contributed by atoms with Gasteiger partial charge in [0.2, 0.25) is 5.91 Å². The Hall–Kier alpha value is -3.98. The standard InChI is InChI=1S/C24H20N4O4S/c1-15-21(16-7-3-2-4-8-16)22-23(33-15)25-14-28(24(22)31)26-19(29)11-12-27-17-9-5-6-10-18(17)32-13-20(27)30/h2-10,14H,11-13H2,1H3,(H,26,29). The van der Waals surface area contributed by atoms with Crippen LogP contribution >= 0.6 is 11.3 Å². The molecule has 2 aromatic carbocycles. The van der Waals surface area contributed by atoms with Crippen molar-refractivity contribution in [3.05, 3.63) is 76.2 Å². The molecule has 2 aromatic heterocycles. The molecule has 0 atom stereocenters. The van der Waals surface area contributed by atoms with Crippen LogP contribution in [0.4, 0.5) is 5.69 Å². The fourth-order valence-electron chi connectivity index (χ4n) is 3.94. The van der Waals surface area contributed by atoms with Crippen molar-refractivity contribution >= 4 is 39.1 Å². The topological polar surface area (TPSA) is 93.5 Å². The summed E-state index contributed by atoms with van der Waals surface area (Å²) in [6.45, 7) is 2.05. The summed E-state index contributed by atoms with van der Waals surface area (Å²) in [5, 5.41) is 0.476. The highest BCUT2D eigenvalue weighted by molar-refractivity contribution is 7.19. The van der Waals surface area contributed by atoms with Crippen molar-refractivity contribution in [2.75, 3.05) is 23.5 Å². The average Bonchev–Trinajstić information content (AvgIpc) is 3.17. The number of aromatic nitrogens is 2. The van der Waals surface area contributed by atoms with Crippen LogP contribution in [0.1, 0.15) is 11.3 Å². The largest absolute Gasteiger partial charge is 0.482 e. The van der Waals surface area contributed by atoms with Crippen LogP contribution in [0.2, 0.25) is 0 Å². The number of benzene rings is 2. The van der Waals surface area contributed by atoms with Gasteiger partial charge in [0.25, 0.3) is 11.5 Å². The van der Waals surface area contributed by atoms with E-state index < -0.39 is 5.91 Å². The molecule has 0 saturated heterocycles. The summed E-state index contributed by atoms with van der Waals surface area (Å²) in [6, 6.07) is 16.8. The average molecular weight is 461 g/mol. The van der Waals surface area contributed by atoms with E-state index in [1.54, 1.807) is 12.1 Å². The molecule has 0 saturated carbocycles. The second-order valence-corrected chi connectivity index (χ2v) is 8.79. The fraction of sp³-hybridized carbons (Fsp3) is 0.167. The molecule has 1 N–H and O–H groups in total. The number of carbonyl (C=O) groups is 2. The van der Waals surface area contributed by atoms with Crippen molar-refractivity contribution < 1.29 is 14.3 Å². The van der Waals surface area contributed by atoms with E-state index in [0.29, 0.717) is 21.7 Å². The molecule has 2 amide bonds. The van der Waals surface area contributed by atoms with Crippen molar-refractivity contribution in [2.24, 2.45) is 0 Å². The Morgan fingerprint density at radius 3 is 2.70 bits per heavy atom. The minimum Gasteiger partial charge on any atom is -0.482 e. The molecule has 8 nitrogen and oxygen atoms in total. The molecule has 0 aliphatic carbocycles. The Kier molecular flexibility index (Phi) is 5.39. The van der Waals surface area contributed by atoms with Crippen LogP contribution in [0.3, 0.4) is 0 Å². The predicted molar refractivity (Wildman–Crippen MR) is 127 cm³/mol. The van der Waals surface area contributed by atoms with E-state index in [0.717, 1.165) is 20.7 Å². The fourth-order valence-corrected chi connectivity index (χ4v) is 4.94. The summed E-state index contributed by atoms with van der Waals surface area (Å²) in [6.07, 6.45) is 1.33. The van der Waals surface area contributed by atoms with Gasteiger partial charge in [0, 0.05) is 23.4 Å². The zero-order chi connectivity index (χ0) is 22.9. The Morgan fingerprint density at radius 2 is 1.88 bits per heavy atom. The number of ether oxygens (including phenoxy) is 1. The van der Waals surface area contributed by atoms with Crippen LogP contribution in [-0.2, 0) is 9.59 Å². The first-order valence-electron chi connectivity index (χ1n) is 10.4. The minimum absolute atomic E-state index is 0.0127. The van der Waals surface area contributed by atoms with Gasteiger partial charge in [0.15, 0.2) is 6.61 Å². The molecule has 33 heavy (non-hydrogen) atoms. The van der Waals surface area contributed by atoms with Crippen molar-refractivity contribution in [3.63, 3.8) is 0 Å². The van der Waals surface area contributed by atoms with Gasteiger partial charge in [0.1, 0.15) is 16.9 Å². The van der Waals surface area contributed by atoms with Crippen molar-refractivity contribution in [1.29, 1.82) is 0 Å². The highest BCUT2D eigenvalue weighted by Crippen LogP contribution is 2.35. The third-order valence-corrected chi connectivity index (χ3v) is 6.48. The van der Waals surface area contributed by atoms with Gasteiger partial charge in [-0.3, -0.25) is 19.8 Å². The SMILES string of the molecule is Cc1sc2ncn(NC(=O)CCN3C(=O)COc4ccccc43)c(=O)c2c1-c1ccccc1. The number of nitrogens with one attached hydrogen (secondary N) is 1. The maximum Gasteiger partial charge on any atom is 0.281 e. The zero-order valence-corrected chi connectivity index (χ0v) is 18.6. The number of para-hydroxylation sites is 2. The number of thiophene rings is 1. The summed E-state index contributed by atoms with van der Waals surface area (Å²) in [4.78, 5) is 45.7. The molecule has 0 radical (unpaired) electrons. The number of anilines is 1.